The van der Waals surface area contributed by atoms with Crippen LogP contribution in [0.5, 0.6) is 0 Å². The fourth-order valence-electron chi connectivity index (χ4n) is 3.50. The molecule has 1 aliphatic carbocycles. The molecule has 0 heterocycles. The quantitative estimate of drug-likeness (QED) is 0.272. The van der Waals surface area contributed by atoms with Crippen LogP contribution in [0.3, 0.4) is 0 Å². The van der Waals surface area contributed by atoms with Crippen LogP contribution in [0.1, 0.15) is 50.0 Å². The topological polar surface area (TPSA) is 80.5 Å². The third kappa shape index (κ3) is 4.92. The summed E-state index contributed by atoms with van der Waals surface area (Å²) in [6, 6.07) is 13.1. The molecule has 1 fully saturated rings. The minimum absolute atomic E-state index is 0.0241. The first-order valence-electron chi connectivity index (χ1n) is 9.39. The Labute approximate surface area is 170 Å². The normalized spacial score (nSPS) is 16.1. The molecule has 2 aromatic rings. The van der Waals surface area contributed by atoms with Gasteiger partial charge in [0.25, 0.3) is 15.7 Å². The lowest BCUT2D eigenvalue weighted by Gasteiger charge is -2.18. The van der Waals surface area contributed by atoms with Crippen molar-refractivity contribution in [3.63, 3.8) is 0 Å². The molecule has 0 saturated heterocycles. The van der Waals surface area contributed by atoms with Crippen LogP contribution in [-0.2, 0) is 10.0 Å². The predicted molar refractivity (Wildman–Crippen MR) is 111 cm³/mol. The molecule has 1 aliphatic rings. The zero-order valence-electron chi connectivity index (χ0n) is 15.8. The predicted octanol–water partition coefficient (Wildman–Crippen LogP) is 5.36. The number of hydrogen-bond acceptors (Lipinski definition) is 5. The van der Waals surface area contributed by atoms with E-state index in [-0.39, 0.29) is 10.6 Å². The third-order valence-corrected chi connectivity index (χ3v) is 8.22. The highest BCUT2D eigenvalue weighted by Gasteiger charge is 2.23. The summed E-state index contributed by atoms with van der Waals surface area (Å²) in [6.45, 7) is 0. The maximum absolute atomic E-state index is 12.9. The molecular formula is C20H24N2O4S2. The van der Waals surface area contributed by atoms with Crippen molar-refractivity contribution in [2.75, 3.05) is 7.05 Å². The monoisotopic (exact) mass is 420 g/mol. The summed E-state index contributed by atoms with van der Waals surface area (Å²) in [5.74, 6) is 0.520. The fraction of sp³-hybridized carbons (Fsp3) is 0.400. The fourth-order valence-corrected chi connectivity index (χ4v) is 5.74. The third-order valence-electron chi connectivity index (χ3n) is 5.12. The maximum Gasteiger partial charge on any atom is 0.269 e. The van der Waals surface area contributed by atoms with Crippen LogP contribution < -0.4 is 0 Å². The molecule has 0 unspecified atom stereocenters. The number of hydrogen-bond donors (Lipinski definition) is 0. The molecule has 0 amide bonds. The molecule has 28 heavy (non-hydrogen) atoms. The van der Waals surface area contributed by atoms with Gasteiger partial charge in [-0.05, 0) is 60.5 Å². The van der Waals surface area contributed by atoms with Crippen LogP contribution in [0.15, 0.2) is 58.3 Å². The SMILES string of the molecule is CN(Sc1ccc([N+](=O)[O-])cc1)S(=O)(=O)c1ccc(C2CCCCCC2)cc1. The zero-order chi connectivity index (χ0) is 20.1. The van der Waals surface area contributed by atoms with E-state index < -0.39 is 14.9 Å². The molecule has 0 aliphatic heterocycles. The molecule has 6 nitrogen and oxygen atoms in total. The van der Waals surface area contributed by atoms with E-state index in [1.54, 1.807) is 24.3 Å². The lowest BCUT2D eigenvalue weighted by atomic mass is 9.92. The first kappa shape index (κ1) is 20.8. The molecule has 0 N–H and O–H groups in total. The first-order chi connectivity index (χ1) is 13.4. The minimum atomic E-state index is -3.66. The molecule has 0 spiro atoms. The number of non-ortho nitro benzene ring substituents is 1. The van der Waals surface area contributed by atoms with Gasteiger partial charge in [0, 0.05) is 24.1 Å². The van der Waals surface area contributed by atoms with Crippen molar-refractivity contribution >= 4 is 27.7 Å². The second-order valence-electron chi connectivity index (χ2n) is 7.01. The number of nitro groups is 1. The average molecular weight is 421 g/mol. The van der Waals surface area contributed by atoms with E-state index >= 15 is 0 Å². The zero-order valence-corrected chi connectivity index (χ0v) is 17.4. The van der Waals surface area contributed by atoms with Crippen molar-refractivity contribution < 1.29 is 13.3 Å². The van der Waals surface area contributed by atoms with Crippen molar-refractivity contribution in [1.82, 2.24) is 3.71 Å². The summed E-state index contributed by atoms with van der Waals surface area (Å²) in [5, 5.41) is 10.7. The highest BCUT2D eigenvalue weighted by atomic mass is 32.3. The van der Waals surface area contributed by atoms with E-state index in [9.17, 15) is 18.5 Å². The molecular weight excluding hydrogens is 396 g/mol. The Bertz CT molecular complexity index is 904. The van der Waals surface area contributed by atoms with E-state index in [1.807, 2.05) is 12.1 Å². The molecule has 8 heteroatoms. The van der Waals surface area contributed by atoms with Gasteiger partial charge in [0.2, 0.25) is 0 Å². The second-order valence-corrected chi connectivity index (χ2v) is 10.4. The highest BCUT2D eigenvalue weighted by molar-refractivity contribution is 8.08. The van der Waals surface area contributed by atoms with E-state index in [0.29, 0.717) is 10.8 Å². The summed E-state index contributed by atoms with van der Waals surface area (Å²) in [6.07, 6.45) is 7.38. The highest BCUT2D eigenvalue weighted by Crippen LogP contribution is 2.33. The summed E-state index contributed by atoms with van der Waals surface area (Å²) < 4.78 is 26.9. The van der Waals surface area contributed by atoms with Gasteiger partial charge < -0.3 is 0 Å². The number of benzene rings is 2. The van der Waals surface area contributed by atoms with E-state index in [4.69, 9.17) is 0 Å². The minimum Gasteiger partial charge on any atom is -0.258 e. The lowest BCUT2D eigenvalue weighted by molar-refractivity contribution is -0.384. The van der Waals surface area contributed by atoms with E-state index in [1.165, 1.54) is 67.0 Å². The van der Waals surface area contributed by atoms with Gasteiger partial charge >= 0.3 is 0 Å². The number of nitrogens with zero attached hydrogens (tertiary/aromatic N) is 2. The van der Waals surface area contributed by atoms with E-state index in [0.717, 1.165) is 11.9 Å². The molecule has 0 aromatic heterocycles. The number of rotatable bonds is 6. The molecule has 0 radical (unpaired) electrons. The lowest BCUT2D eigenvalue weighted by Crippen LogP contribution is -2.20. The summed E-state index contributed by atoms with van der Waals surface area (Å²) in [5.41, 5.74) is 1.19. The van der Waals surface area contributed by atoms with Gasteiger partial charge in [-0.15, -0.1) is 3.71 Å². The Kier molecular flexibility index (Phi) is 6.74. The van der Waals surface area contributed by atoms with Gasteiger partial charge in [-0.2, -0.15) is 0 Å². The van der Waals surface area contributed by atoms with Crippen molar-refractivity contribution in [3.05, 3.63) is 64.2 Å². The molecule has 150 valence electrons. The van der Waals surface area contributed by atoms with Gasteiger partial charge in [0.05, 0.1) is 9.82 Å². The van der Waals surface area contributed by atoms with Crippen molar-refractivity contribution in [2.45, 2.75) is 54.2 Å². The Morgan fingerprint density at radius 2 is 1.54 bits per heavy atom. The van der Waals surface area contributed by atoms with Crippen LogP contribution in [0, 0.1) is 10.1 Å². The standard InChI is InChI=1S/C20H24N2O4S2/c1-21(27-19-12-10-18(11-13-19)22(23)24)28(25,26)20-14-8-17(9-15-20)16-6-4-2-3-5-7-16/h8-16H,2-7H2,1H3. The average Bonchev–Trinajstić information content (AvgIpc) is 2.98. The summed E-state index contributed by atoms with van der Waals surface area (Å²) >= 11 is 1.02. The van der Waals surface area contributed by atoms with Crippen molar-refractivity contribution in [3.8, 4) is 0 Å². The van der Waals surface area contributed by atoms with Gasteiger partial charge in [-0.25, -0.2) is 8.42 Å². The smallest absolute Gasteiger partial charge is 0.258 e. The second kappa shape index (κ2) is 9.07. The number of sulfonamides is 1. The maximum atomic E-state index is 12.9. The number of nitro benzene ring substituents is 1. The Hall–Kier alpha value is -1.90. The van der Waals surface area contributed by atoms with Gasteiger partial charge in [0.15, 0.2) is 0 Å². The first-order valence-corrected chi connectivity index (χ1v) is 11.6. The molecule has 2 aromatic carbocycles. The molecule has 3 rings (SSSR count). The van der Waals surface area contributed by atoms with Crippen LogP contribution in [0.2, 0.25) is 0 Å². The van der Waals surface area contributed by atoms with Crippen LogP contribution in [0.4, 0.5) is 5.69 Å². The summed E-state index contributed by atoms with van der Waals surface area (Å²) in [7, 11) is -2.17. The molecule has 0 atom stereocenters. The van der Waals surface area contributed by atoms with Gasteiger partial charge in [-0.1, -0.05) is 37.8 Å². The molecule has 1 saturated carbocycles. The molecule has 0 bridgehead atoms. The Morgan fingerprint density at radius 3 is 2.07 bits per heavy atom. The Morgan fingerprint density at radius 1 is 0.964 bits per heavy atom. The van der Waals surface area contributed by atoms with Crippen LogP contribution in [-0.4, -0.2) is 24.1 Å². The largest absolute Gasteiger partial charge is 0.269 e. The van der Waals surface area contributed by atoms with Gasteiger partial charge in [-0.3, -0.25) is 10.1 Å². The van der Waals surface area contributed by atoms with Crippen LogP contribution >= 0.6 is 11.9 Å². The summed E-state index contributed by atoms with van der Waals surface area (Å²) in [4.78, 5) is 11.1. The van der Waals surface area contributed by atoms with Crippen molar-refractivity contribution in [1.29, 1.82) is 0 Å². The van der Waals surface area contributed by atoms with Crippen molar-refractivity contribution in [2.24, 2.45) is 0 Å². The van der Waals surface area contributed by atoms with E-state index in [2.05, 4.69) is 0 Å². The van der Waals surface area contributed by atoms with Crippen LogP contribution in [0.25, 0.3) is 0 Å². The Balaban J connectivity index is 1.71. The van der Waals surface area contributed by atoms with Gasteiger partial charge in [0.1, 0.15) is 0 Å².